The summed E-state index contributed by atoms with van der Waals surface area (Å²) < 4.78 is 6.90. The van der Waals surface area contributed by atoms with Crippen molar-refractivity contribution in [3.05, 3.63) is 71.2 Å². The zero-order valence-corrected chi connectivity index (χ0v) is 13.0. The zero-order chi connectivity index (χ0) is 15.6. The summed E-state index contributed by atoms with van der Waals surface area (Å²) >= 11 is 1.47. The topological polar surface area (TPSA) is 39.2 Å². The standard InChI is InChI=1S/C19H13NO2S/c21-11-17-9-14-6-8-16(10-19(14)23-17)22-12-15-7-5-13-3-1-2-4-18(13)20-15/h1-11H,12H2. The van der Waals surface area contributed by atoms with Gasteiger partial charge in [-0.05, 0) is 41.8 Å². The Morgan fingerprint density at radius 3 is 2.78 bits per heavy atom. The predicted octanol–water partition coefficient (Wildman–Crippen LogP) is 4.84. The first-order valence-corrected chi connectivity index (χ1v) is 8.10. The number of hydrogen-bond donors (Lipinski definition) is 0. The number of fused-ring (bicyclic) bond motifs is 2. The van der Waals surface area contributed by atoms with Crippen LogP contribution in [0, 0.1) is 0 Å². The van der Waals surface area contributed by atoms with E-state index in [1.165, 1.54) is 11.3 Å². The van der Waals surface area contributed by atoms with E-state index < -0.39 is 0 Å². The first-order chi connectivity index (χ1) is 11.3. The Hall–Kier alpha value is -2.72. The van der Waals surface area contributed by atoms with Gasteiger partial charge in [0.05, 0.1) is 16.1 Å². The molecule has 0 aliphatic carbocycles. The van der Waals surface area contributed by atoms with Crippen LogP contribution in [0.3, 0.4) is 0 Å². The van der Waals surface area contributed by atoms with Gasteiger partial charge >= 0.3 is 0 Å². The van der Waals surface area contributed by atoms with Crippen LogP contribution in [-0.4, -0.2) is 11.3 Å². The molecule has 4 rings (SSSR count). The Bertz CT molecular complexity index is 1010. The molecule has 23 heavy (non-hydrogen) atoms. The molecular formula is C19H13NO2S. The molecule has 0 spiro atoms. The van der Waals surface area contributed by atoms with E-state index in [1.807, 2.05) is 54.6 Å². The van der Waals surface area contributed by atoms with Gasteiger partial charge in [-0.3, -0.25) is 4.79 Å². The quantitative estimate of drug-likeness (QED) is 0.505. The normalized spacial score (nSPS) is 11.0. The summed E-state index contributed by atoms with van der Waals surface area (Å²) in [6.45, 7) is 0.419. The number of benzene rings is 2. The lowest BCUT2D eigenvalue weighted by Crippen LogP contribution is -1.98. The summed E-state index contributed by atoms with van der Waals surface area (Å²) in [6, 6.07) is 19.8. The summed E-state index contributed by atoms with van der Waals surface area (Å²) in [7, 11) is 0. The number of carbonyl (C=O) groups is 1. The van der Waals surface area contributed by atoms with Crippen LogP contribution < -0.4 is 4.74 Å². The highest BCUT2D eigenvalue weighted by molar-refractivity contribution is 7.20. The third kappa shape index (κ3) is 2.81. The highest BCUT2D eigenvalue weighted by Crippen LogP contribution is 2.28. The van der Waals surface area contributed by atoms with Gasteiger partial charge in [-0.1, -0.05) is 24.3 Å². The number of nitrogens with zero attached hydrogens (tertiary/aromatic N) is 1. The van der Waals surface area contributed by atoms with Crippen LogP contribution in [0.2, 0.25) is 0 Å². The molecule has 2 aromatic carbocycles. The van der Waals surface area contributed by atoms with Crippen molar-refractivity contribution >= 4 is 38.6 Å². The van der Waals surface area contributed by atoms with E-state index in [0.29, 0.717) is 6.61 Å². The summed E-state index contributed by atoms with van der Waals surface area (Å²) in [5.74, 6) is 0.784. The minimum Gasteiger partial charge on any atom is -0.487 e. The molecule has 0 atom stereocenters. The van der Waals surface area contributed by atoms with Crippen LogP contribution in [0.5, 0.6) is 5.75 Å². The van der Waals surface area contributed by atoms with Crippen LogP contribution in [0.1, 0.15) is 15.4 Å². The predicted molar refractivity (Wildman–Crippen MR) is 93.3 cm³/mol. The smallest absolute Gasteiger partial charge is 0.160 e. The second-order valence-electron chi connectivity index (χ2n) is 5.25. The van der Waals surface area contributed by atoms with Gasteiger partial charge in [-0.25, -0.2) is 4.98 Å². The van der Waals surface area contributed by atoms with E-state index in [0.717, 1.165) is 43.6 Å². The van der Waals surface area contributed by atoms with Crippen molar-refractivity contribution in [2.45, 2.75) is 6.61 Å². The number of thiophene rings is 1. The monoisotopic (exact) mass is 319 g/mol. The lowest BCUT2D eigenvalue weighted by Gasteiger charge is -2.07. The van der Waals surface area contributed by atoms with E-state index in [-0.39, 0.29) is 0 Å². The van der Waals surface area contributed by atoms with Crippen molar-refractivity contribution in [3.8, 4) is 5.75 Å². The number of carbonyl (C=O) groups excluding carboxylic acids is 1. The second-order valence-corrected chi connectivity index (χ2v) is 6.37. The minimum absolute atomic E-state index is 0.419. The van der Waals surface area contributed by atoms with E-state index >= 15 is 0 Å². The summed E-state index contributed by atoms with van der Waals surface area (Å²) in [4.78, 5) is 16.2. The van der Waals surface area contributed by atoms with Crippen LogP contribution in [0.15, 0.2) is 60.7 Å². The average Bonchev–Trinajstić information content (AvgIpc) is 3.02. The van der Waals surface area contributed by atoms with Crippen molar-refractivity contribution < 1.29 is 9.53 Å². The fraction of sp³-hybridized carbons (Fsp3) is 0.0526. The van der Waals surface area contributed by atoms with Gasteiger partial charge in [0.2, 0.25) is 0 Å². The first kappa shape index (κ1) is 13.9. The lowest BCUT2D eigenvalue weighted by atomic mass is 10.2. The molecule has 0 unspecified atom stereocenters. The Morgan fingerprint density at radius 1 is 1.00 bits per heavy atom. The molecule has 2 heterocycles. The summed E-state index contributed by atoms with van der Waals surface area (Å²) in [5, 5.41) is 2.19. The maximum Gasteiger partial charge on any atom is 0.160 e. The Kier molecular flexibility index (Phi) is 3.52. The number of ether oxygens (including phenoxy) is 1. The Morgan fingerprint density at radius 2 is 1.87 bits per heavy atom. The molecule has 3 nitrogen and oxygen atoms in total. The van der Waals surface area contributed by atoms with Gasteiger partial charge in [0.1, 0.15) is 12.4 Å². The average molecular weight is 319 g/mol. The van der Waals surface area contributed by atoms with E-state index in [4.69, 9.17) is 4.74 Å². The third-order valence-electron chi connectivity index (χ3n) is 3.67. The molecule has 0 saturated heterocycles. The maximum atomic E-state index is 10.8. The zero-order valence-electron chi connectivity index (χ0n) is 12.2. The molecule has 0 N–H and O–H groups in total. The SMILES string of the molecule is O=Cc1cc2ccc(OCc3ccc4ccccc4n3)cc2s1. The molecule has 0 amide bonds. The highest BCUT2D eigenvalue weighted by Gasteiger charge is 2.04. The first-order valence-electron chi connectivity index (χ1n) is 7.28. The number of aromatic nitrogens is 1. The minimum atomic E-state index is 0.419. The molecule has 112 valence electrons. The Balaban J connectivity index is 1.56. The number of pyridine rings is 1. The van der Waals surface area contributed by atoms with Crippen LogP contribution in [0.25, 0.3) is 21.0 Å². The second kappa shape index (κ2) is 5.82. The fourth-order valence-electron chi connectivity index (χ4n) is 2.53. The van der Waals surface area contributed by atoms with E-state index in [2.05, 4.69) is 11.1 Å². The fourth-order valence-corrected chi connectivity index (χ4v) is 3.43. The van der Waals surface area contributed by atoms with E-state index in [9.17, 15) is 4.79 Å². The van der Waals surface area contributed by atoms with Crippen molar-refractivity contribution in [2.24, 2.45) is 0 Å². The molecule has 0 aliphatic heterocycles. The maximum absolute atomic E-state index is 10.8. The number of hydrogen-bond acceptors (Lipinski definition) is 4. The third-order valence-corrected chi connectivity index (χ3v) is 4.69. The molecule has 4 aromatic rings. The van der Waals surface area contributed by atoms with Gasteiger partial charge in [-0.2, -0.15) is 0 Å². The molecule has 0 saturated carbocycles. The molecule has 0 aliphatic rings. The summed E-state index contributed by atoms with van der Waals surface area (Å²) in [6.07, 6.45) is 0.879. The van der Waals surface area contributed by atoms with Crippen molar-refractivity contribution in [3.63, 3.8) is 0 Å². The van der Waals surface area contributed by atoms with Crippen LogP contribution in [-0.2, 0) is 6.61 Å². The molecular weight excluding hydrogens is 306 g/mol. The molecule has 0 bridgehead atoms. The van der Waals surface area contributed by atoms with Gasteiger partial charge in [0, 0.05) is 10.1 Å². The highest BCUT2D eigenvalue weighted by atomic mass is 32.1. The van der Waals surface area contributed by atoms with Gasteiger partial charge < -0.3 is 4.74 Å². The number of aldehydes is 1. The van der Waals surface area contributed by atoms with Crippen molar-refractivity contribution in [1.29, 1.82) is 0 Å². The Labute approximate surface area is 137 Å². The molecule has 2 aromatic heterocycles. The molecule has 0 fully saturated rings. The van der Waals surface area contributed by atoms with Crippen LogP contribution in [0.4, 0.5) is 0 Å². The lowest BCUT2D eigenvalue weighted by molar-refractivity contribution is 0.112. The molecule has 4 heteroatoms. The van der Waals surface area contributed by atoms with E-state index in [1.54, 1.807) is 0 Å². The van der Waals surface area contributed by atoms with Gasteiger partial charge in [-0.15, -0.1) is 11.3 Å². The van der Waals surface area contributed by atoms with Crippen molar-refractivity contribution in [1.82, 2.24) is 4.98 Å². The largest absolute Gasteiger partial charge is 0.487 e. The van der Waals surface area contributed by atoms with Gasteiger partial charge in [0.15, 0.2) is 6.29 Å². The summed E-state index contributed by atoms with van der Waals surface area (Å²) in [5.41, 5.74) is 1.86. The number of rotatable bonds is 4. The van der Waals surface area contributed by atoms with Crippen LogP contribution >= 0.6 is 11.3 Å². The van der Waals surface area contributed by atoms with Gasteiger partial charge in [0.25, 0.3) is 0 Å². The molecule has 0 radical (unpaired) electrons. The number of para-hydroxylation sites is 1. The van der Waals surface area contributed by atoms with Crippen molar-refractivity contribution in [2.75, 3.05) is 0 Å².